The van der Waals surface area contributed by atoms with Crippen molar-refractivity contribution in [1.82, 2.24) is 9.97 Å². The van der Waals surface area contributed by atoms with Gasteiger partial charge >= 0.3 is 12.1 Å². The molecule has 8 heteroatoms. The number of aliphatic carboxylic acids is 1. The van der Waals surface area contributed by atoms with E-state index < -0.39 is 18.1 Å². The van der Waals surface area contributed by atoms with Crippen LogP contribution in [0.15, 0.2) is 18.7 Å². The zero-order valence-corrected chi connectivity index (χ0v) is 10.4. The topological polar surface area (TPSA) is 155 Å². The lowest BCUT2D eigenvalue weighted by atomic mass is 10.0. The van der Waals surface area contributed by atoms with Gasteiger partial charge in [0.1, 0.15) is 6.04 Å². The van der Waals surface area contributed by atoms with Gasteiger partial charge < -0.3 is 26.7 Å². The Kier molecular flexibility index (Phi) is 11.6. The molecule has 0 radical (unpaired) electrons. The number of primary amides is 1. The fourth-order valence-corrected chi connectivity index (χ4v) is 0.712. The molecule has 1 aromatic rings. The molecule has 0 bridgehead atoms. The number of aromatic amines is 1. The highest BCUT2D eigenvalue weighted by Crippen LogP contribution is 2.04. The van der Waals surface area contributed by atoms with Crippen molar-refractivity contribution in [2.24, 2.45) is 17.4 Å². The first-order chi connectivity index (χ1) is 8.32. The van der Waals surface area contributed by atoms with Gasteiger partial charge in [0, 0.05) is 12.4 Å². The molecule has 8 nitrogen and oxygen atoms in total. The molecule has 18 heavy (non-hydrogen) atoms. The van der Waals surface area contributed by atoms with E-state index in [0.717, 1.165) is 6.42 Å². The van der Waals surface area contributed by atoms with Crippen molar-refractivity contribution in [3.8, 4) is 0 Å². The predicted octanol–water partition coefficient (Wildman–Crippen LogP) is 0.477. The molecule has 7 N–H and O–H groups in total. The first-order valence-electron chi connectivity index (χ1n) is 5.22. The Morgan fingerprint density at radius 2 is 1.94 bits per heavy atom. The maximum absolute atomic E-state index is 10.2. The van der Waals surface area contributed by atoms with E-state index in [9.17, 15) is 4.79 Å². The summed E-state index contributed by atoms with van der Waals surface area (Å²) in [5, 5.41) is 15.6. The highest BCUT2D eigenvalue weighted by atomic mass is 16.4. The van der Waals surface area contributed by atoms with Crippen LogP contribution in [0.2, 0.25) is 0 Å². The first kappa shape index (κ1) is 18.3. The summed E-state index contributed by atoms with van der Waals surface area (Å²) in [5.74, 6) is -0.841. The summed E-state index contributed by atoms with van der Waals surface area (Å²) in [7, 11) is 0. The molecule has 0 aromatic carbocycles. The van der Waals surface area contributed by atoms with Gasteiger partial charge in [0.2, 0.25) is 0 Å². The van der Waals surface area contributed by atoms with Gasteiger partial charge in [0.25, 0.3) is 0 Å². The summed E-state index contributed by atoms with van der Waals surface area (Å²) in [4.78, 5) is 25.4. The molecular weight excluding hydrogens is 240 g/mol. The minimum atomic E-state index is -1.33. The van der Waals surface area contributed by atoms with Crippen LogP contribution in [0.5, 0.6) is 0 Å². The molecule has 1 amide bonds. The van der Waals surface area contributed by atoms with Crippen LogP contribution < -0.4 is 11.5 Å². The number of nitrogens with one attached hydrogen (secondary N) is 1. The van der Waals surface area contributed by atoms with Gasteiger partial charge in [-0.25, -0.2) is 9.78 Å². The Balaban J connectivity index is 0. The highest BCUT2D eigenvalue weighted by Gasteiger charge is 2.17. The van der Waals surface area contributed by atoms with Crippen molar-refractivity contribution in [2.75, 3.05) is 0 Å². The minimum Gasteiger partial charge on any atom is -0.480 e. The summed E-state index contributed by atoms with van der Waals surface area (Å²) in [6.07, 6.45) is 4.56. The number of rotatable bonds is 3. The van der Waals surface area contributed by atoms with Gasteiger partial charge in [-0.05, 0) is 5.92 Å². The number of imidazole rings is 1. The largest absolute Gasteiger partial charge is 0.480 e. The number of carboxylic acid groups (broad SMARTS) is 2. The Morgan fingerprint density at radius 3 is 2.06 bits per heavy atom. The molecule has 0 unspecified atom stereocenters. The summed E-state index contributed by atoms with van der Waals surface area (Å²) < 4.78 is 0. The number of carboxylic acids is 1. The van der Waals surface area contributed by atoms with E-state index in [2.05, 4.69) is 15.7 Å². The minimum absolute atomic E-state index is 0.0718. The number of hydrogen-bond acceptors (Lipinski definition) is 4. The standard InChI is InChI=1S/C6H13NO2.C3H4N2.CH3NO2/c1-3-4(2)5(7)6(8)9;1-2-5-3-4-1;2-1(3)4/h4-5H,3,7H2,1-2H3,(H,8,9);1-3H,(H,4,5);2H2,(H,3,4)/t4-,5-;;/m0../s1. The van der Waals surface area contributed by atoms with Crippen molar-refractivity contribution in [3.05, 3.63) is 18.7 Å². The molecule has 0 fully saturated rings. The van der Waals surface area contributed by atoms with Crippen LogP contribution in [-0.4, -0.2) is 38.3 Å². The van der Waals surface area contributed by atoms with E-state index in [4.69, 9.17) is 20.7 Å². The maximum atomic E-state index is 10.2. The molecule has 1 rings (SSSR count). The van der Waals surface area contributed by atoms with Crippen LogP contribution in [0.1, 0.15) is 20.3 Å². The Labute approximate surface area is 105 Å². The molecule has 2 atom stereocenters. The maximum Gasteiger partial charge on any atom is 0.402 e. The van der Waals surface area contributed by atoms with Gasteiger partial charge in [-0.1, -0.05) is 20.3 Å². The first-order valence-corrected chi connectivity index (χ1v) is 5.22. The quantitative estimate of drug-likeness (QED) is 0.532. The van der Waals surface area contributed by atoms with E-state index in [1.54, 1.807) is 18.7 Å². The number of nitrogens with two attached hydrogens (primary N) is 2. The second-order valence-corrected chi connectivity index (χ2v) is 3.35. The van der Waals surface area contributed by atoms with Gasteiger partial charge in [-0.3, -0.25) is 4.79 Å². The van der Waals surface area contributed by atoms with Crippen molar-refractivity contribution in [2.45, 2.75) is 26.3 Å². The predicted molar refractivity (Wildman–Crippen MR) is 65.9 cm³/mol. The van der Waals surface area contributed by atoms with Crippen LogP contribution in [0.4, 0.5) is 4.79 Å². The normalized spacial score (nSPS) is 11.9. The smallest absolute Gasteiger partial charge is 0.402 e. The zero-order chi connectivity index (χ0) is 14.6. The lowest BCUT2D eigenvalue weighted by Crippen LogP contribution is -2.36. The summed E-state index contributed by atoms with van der Waals surface area (Å²) in [6, 6.07) is -0.699. The third-order valence-corrected chi connectivity index (χ3v) is 1.95. The van der Waals surface area contributed by atoms with Crippen molar-refractivity contribution in [1.29, 1.82) is 0 Å². The van der Waals surface area contributed by atoms with Crippen LogP contribution >= 0.6 is 0 Å². The van der Waals surface area contributed by atoms with Crippen molar-refractivity contribution >= 4 is 12.1 Å². The van der Waals surface area contributed by atoms with E-state index in [1.165, 1.54) is 0 Å². The fraction of sp³-hybridized carbons (Fsp3) is 0.500. The number of nitrogens with zero attached hydrogens (tertiary/aromatic N) is 1. The number of carbonyl (C=O) groups is 2. The molecule has 1 aromatic heterocycles. The number of H-pyrrole nitrogens is 1. The molecule has 0 saturated heterocycles. The van der Waals surface area contributed by atoms with E-state index in [0.29, 0.717) is 0 Å². The van der Waals surface area contributed by atoms with Gasteiger partial charge in [-0.2, -0.15) is 0 Å². The molecule has 0 aliphatic carbocycles. The van der Waals surface area contributed by atoms with E-state index >= 15 is 0 Å². The number of amides is 1. The second kappa shape index (κ2) is 11.4. The SMILES string of the molecule is CC[C@H](C)[C@H](N)C(=O)O.NC(=O)O.c1c[nH]cn1. The van der Waals surface area contributed by atoms with Crippen LogP contribution in [0.3, 0.4) is 0 Å². The average molecular weight is 260 g/mol. The lowest BCUT2D eigenvalue weighted by Gasteiger charge is -2.11. The van der Waals surface area contributed by atoms with Gasteiger partial charge in [-0.15, -0.1) is 0 Å². The van der Waals surface area contributed by atoms with Gasteiger partial charge in [0.05, 0.1) is 6.33 Å². The Morgan fingerprint density at radius 1 is 1.44 bits per heavy atom. The summed E-state index contributed by atoms with van der Waals surface area (Å²) in [6.45, 7) is 3.76. The summed E-state index contributed by atoms with van der Waals surface area (Å²) in [5.41, 5.74) is 9.30. The lowest BCUT2D eigenvalue weighted by molar-refractivity contribution is -0.139. The molecule has 0 aliphatic rings. The average Bonchev–Trinajstić information content (AvgIpc) is 2.84. The third-order valence-electron chi connectivity index (χ3n) is 1.95. The molecule has 0 saturated carbocycles. The van der Waals surface area contributed by atoms with Crippen LogP contribution in [0.25, 0.3) is 0 Å². The van der Waals surface area contributed by atoms with E-state index in [-0.39, 0.29) is 5.92 Å². The number of hydrogen-bond donors (Lipinski definition) is 5. The van der Waals surface area contributed by atoms with Crippen molar-refractivity contribution < 1.29 is 19.8 Å². The monoisotopic (exact) mass is 260 g/mol. The Hall–Kier alpha value is -2.09. The van der Waals surface area contributed by atoms with E-state index in [1.807, 2.05) is 13.8 Å². The third kappa shape index (κ3) is 13.9. The summed E-state index contributed by atoms with van der Waals surface area (Å²) >= 11 is 0. The fourth-order valence-electron chi connectivity index (χ4n) is 0.712. The number of aromatic nitrogens is 2. The molecule has 1 heterocycles. The highest BCUT2D eigenvalue weighted by molar-refractivity contribution is 5.73. The molecule has 0 spiro atoms. The molecule has 104 valence electrons. The zero-order valence-electron chi connectivity index (χ0n) is 10.4. The van der Waals surface area contributed by atoms with Crippen molar-refractivity contribution in [3.63, 3.8) is 0 Å². The Bertz CT molecular complexity index is 294. The molecular formula is C10H20N4O4. The van der Waals surface area contributed by atoms with Crippen LogP contribution in [0, 0.1) is 5.92 Å². The molecule has 0 aliphatic heterocycles. The second-order valence-electron chi connectivity index (χ2n) is 3.35. The van der Waals surface area contributed by atoms with Gasteiger partial charge in [0.15, 0.2) is 0 Å². The van der Waals surface area contributed by atoms with Crippen LogP contribution in [-0.2, 0) is 4.79 Å².